The molecule has 1 atom stereocenters. The molecule has 0 fully saturated rings. The Labute approximate surface area is 212 Å². The van der Waals surface area contributed by atoms with Gasteiger partial charge in [0.1, 0.15) is 11.1 Å². The molecule has 1 aliphatic carbocycles. The molecule has 35 heavy (non-hydrogen) atoms. The van der Waals surface area contributed by atoms with E-state index in [1.165, 1.54) is 10.4 Å². The standard InChI is InChI=1S/C29H33N3O2S/c1-7-34-28(33)20-8-11-23(12-9-20)32-18(2)14-21(19(32)3)17-31-27-25(16-30)24-13-10-22(29(4,5)6)15-26(24)35-27/h8-9,11-12,14,17,22H,7,10,13,15H2,1-6H3/t22-/m1/s1. The third-order valence-electron chi connectivity index (χ3n) is 7.01. The molecular formula is C29H33N3O2S. The lowest BCUT2D eigenvalue weighted by atomic mass is 9.72. The number of carbonyl (C=O) groups excluding carboxylic acids is 1. The number of nitriles is 1. The predicted molar refractivity (Wildman–Crippen MR) is 142 cm³/mol. The van der Waals surface area contributed by atoms with Crippen molar-refractivity contribution in [2.45, 2.75) is 60.8 Å². The first-order valence-electron chi connectivity index (χ1n) is 12.2. The van der Waals surface area contributed by atoms with Crippen LogP contribution in [0.15, 0.2) is 35.3 Å². The Balaban J connectivity index is 1.61. The van der Waals surface area contributed by atoms with Gasteiger partial charge in [-0.1, -0.05) is 20.8 Å². The summed E-state index contributed by atoms with van der Waals surface area (Å²) in [7, 11) is 0. The Morgan fingerprint density at radius 2 is 2.00 bits per heavy atom. The lowest BCUT2D eigenvalue weighted by Crippen LogP contribution is -2.26. The molecule has 0 saturated carbocycles. The highest BCUT2D eigenvalue weighted by Crippen LogP contribution is 2.44. The van der Waals surface area contributed by atoms with E-state index in [0.29, 0.717) is 18.1 Å². The summed E-state index contributed by atoms with van der Waals surface area (Å²) in [5.41, 5.74) is 6.89. The van der Waals surface area contributed by atoms with Gasteiger partial charge in [-0.25, -0.2) is 9.79 Å². The largest absolute Gasteiger partial charge is 0.462 e. The fourth-order valence-corrected chi connectivity index (χ4v) is 6.14. The molecule has 3 aromatic rings. The highest BCUT2D eigenvalue weighted by atomic mass is 32.1. The molecule has 0 saturated heterocycles. The van der Waals surface area contributed by atoms with Crippen molar-refractivity contribution in [3.63, 3.8) is 0 Å². The normalized spacial score (nSPS) is 15.7. The lowest BCUT2D eigenvalue weighted by Gasteiger charge is -2.33. The summed E-state index contributed by atoms with van der Waals surface area (Å²) in [6.45, 7) is 13.2. The van der Waals surface area contributed by atoms with Crippen LogP contribution in [0.25, 0.3) is 5.69 Å². The van der Waals surface area contributed by atoms with Crippen LogP contribution in [0.1, 0.15) is 77.4 Å². The van der Waals surface area contributed by atoms with Crippen LogP contribution in [0, 0.1) is 36.5 Å². The maximum atomic E-state index is 12.0. The number of fused-ring (bicyclic) bond motifs is 1. The quantitative estimate of drug-likeness (QED) is 0.285. The molecule has 0 bridgehead atoms. The molecule has 5 nitrogen and oxygen atoms in total. The summed E-state index contributed by atoms with van der Waals surface area (Å²) in [6, 6.07) is 12.0. The monoisotopic (exact) mass is 487 g/mol. The van der Waals surface area contributed by atoms with Gasteiger partial charge in [0.25, 0.3) is 0 Å². The Hall–Kier alpha value is -3.17. The zero-order valence-corrected chi connectivity index (χ0v) is 22.3. The molecular weight excluding hydrogens is 454 g/mol. The molecule has 2 aromatic heterocycles. The third kappa shape index (κ3) is 4.97. The van der Waals surface area contributed by atoms with Gasteiger partial charge in [0.05, 0.1) is 17.7 Å². The number of benzene rings is 1. The molecule has 0 amide bonds. The first kappa shape index (κ1) is 24.9. The molecule has 0 radical (unpaired) electrons. The van der Waals surface area contributed by atoms with Crippen LogP contribution in [-0.2, 0) is 17.6 Å². The van der Waals surface area contributed by atoms with Crippen molar-refractivity contribution in [3.8, 4) is 11.8 Å². The maximum Gasteiger partial charge on any atom is 0.338 e. The highest BCUT2D eigenvalue weighted by molar-refractivity contribution is 7.16. The number of esters is 1. The molecule has 2 heterocycles. The van der Waals surface area contributed by atoms with Crippen molar-refractivity contribution in [3.05, 3.63) is 68.9 Å². The van der Waals surface area contributed by atoms with Gasteiger partial charge in [0.2, 0.25) is 0 Å². The number of aliphatic imine (C=N–C) groups is 1. The van der Waals surface area contributed by atoms with Crippen LogP contribution in [0.4, 0.5) is 5.00 Å². The number of thiophene rings is 1. The Morgan fingerprint density at radius 1 is 1.29 bits per heavy atom. The number of ether oxygens (including phenoxy) is 1. The Kier molecular flexibility index (Phi) is 7.00. The zero-order chi connectivity index (χ0) is 25.3. The molecule has 6 heteroatoms. The molecule has 182 valence electrons. The first-order valence-corrected chi connectivity index (χ1v) is 13.0. The van der Waals surface area contributed by atoms with E-state index in [-0.39, 0.29) is 11.4 Å². The van der Waals surface area contributed by atoms with E-state index in [4.69, 9.17) is 9.73 Å². The average Bonchev–Trinajstić information content (AvgIpc) is 3.32. The molecule has 4 rings (SSSR count). The van der Waals surface area contributed by atoms with E-state index in [2.05, 4.69) is 51.3 Å². The second kappa shape index (κ2) is 9.83. The lowest BCUT2D eigenvalue weighted by molar-refractivity contribution is 0.0526. The first-order chi connectivity index (χ1) is 16.6. The number of aromatic nitrogens is 1. The Bertz CT molecular complexity index is 1310. The molecule has 1 aliphatic rings. The number of hydrogen-bond acceptors (Lipinski definition) is 5. The number of nitrogens with zero attached hydrogens (tertiary/aromatic N) is 3. The molecule has 0 unspecified atom stereocenters. The minimum Gasteiger partial charge on any atom is -0.462 e. The van der Waals surface area contributed by atoms with Crippen molar-refractivity contribution in [2.75, 3.05) is 6.61 Å². The smallest absolute Gasteiger partial charge is 0.338 e. The summed E-state index contributed by atoms with van der Waals surface area (Å²) >= 11 is 1.68. The summed E-state index contributed by atoms with van der Waals surface area (Å²) in [4.78, 5) is 18.1. The van der Waals surface area contributed by atoms with Gasteiger partial charge in [-0.05, 0) is 87.3 Å². The summed E-state index contributed by atoms with van der Waals surface area (Å²) in [5.74, 6) is 0.319. The van der Waals surface area contributed by atoms with E-state index in [1.54, 1.807) is 30.4 Å². The van der Waals surface area contributed by atoms with E-state index >= 15 is 0 Å². The van der Waals surface area contributed by atoms with E-state index in [0.717, 1.165) is 52.5 Å². The second-order valence-corrected chi connectivity index (χ2v) is 11.4. The number of aryl methyl sites for hydroxylation is 1. The highest BCUT2D eigenvalue weighted by Gasteiger charge is 2.32. The molecule has 0 N–H and O–H groups in total. The van der Waals surface area contributed by atoms with Crippen molar-refractivity contribution < 1.29 is 9.53 Å². The predicted octanol–water partition coefficient (Wildman–Crippen LogP) is 7.11. The van der Waals surface area contributed by atoms with Crippen LogP contribution < -0.4 is 0 Å². The van der Waals surface area contributed by atoms with E-state index < -0.39 is 0 Å². The van der Waals surface area contributed by atoms with Gasteiger partial charge in [-0.2, -0.15) is 5.26 Å². The van der Waals surface area contributed by atoms with Crippen molar-refractivity contribution >= 4 is 28.5 Å². The van der Waals surface area contributed by atoms with Crippen molar-refractivity contribution in [1.82, 2.24) is 4.57 Å². The van der Waals surface area contributed by atoms with Gasteiger partial charge in [0.15, 0.2) is 0 Å². The topological polar surface area (TPSA) is 67.4 Å². The van der Waals surface area contributed by atoms with Crippen LogP contribution in [0.3, 0.4) is 0 Å². The molecule has 0 spiro atoms. The van der Waals surface area contributed by atoms with E-state index in [1.807, 2.05) is 18.3 Å². The number of carbonyl (C=O) groups is 1. The van der Waals surface area contributed by atoms with Gasteiger partial charge < -0.3 is 9.30 Å². The fourth-order valence-electron chi connectivity index (χ4n) is 4.92. The summed E-state index contributed by atoms with van der Waals surface area (Å²) in [6.07, 6.45) is 5.00. The number of rotatable bonds is 5. The minimum atomic E-state index is -0.311. The second-order valence-electron chi connectivity index (χ2n) is 10.3. The maximum absolute atomic E-state index is 12.0. The van der Waals surface area contributed by atoms with Gasteiger partial charge in [-0.15, -0.1) is 11.3 Å². The van der Waals surface area contributed by atoms with E-state index in [9.17, 15) is 10.1 Å². The van der Waals surface area contributed by atoms with Crippen molar-refractivity contribution in [1.29, 1.82) is 5.26 Å². The fraction of sp³-hybridized carbons (Fsp3) is 0.414. The van der Waals surface area contributed by atoms with Crippen molar-refractivity contribution in [2.24, 2.45) is 16.3 Å². The minimum absolute atomic E-state index is 0.268. The third-order valence-corrected chi connectivity index (χ3v) is 8.17. The van der Waals surface area contributed by atoms with Crippen LogP contribution >= 0.6 is 11.3 Å². The zero-order valence-electron chi connectivity index (χ0n) is 21.4. The Morgan fingerprint density at radius 3 is 2.63 bits per heavy atom. The molecule has 1 aromatic carbocycles. The summed E-state index contributed by atoms with van der Waals surface area (Å²) in [5, 5.41) is 10.7. The summed E-state index contributed by atoms with van der Waals surface area (Å²) < 4.78 is 7.23. The van der Waals surface area contributed by atoms with Crippen LogP contribution in [0.5, 0.6) is 0 Å². The van der Waals surface area contributed by atoms with Gasteiger partial charge in [0, 0.05) is 33.7 Å². The van der Waals surface area contributed by atoms with Gasteiger partial charge >= 0.3 is 5.97 Å². The van der Waals surface area contributed by atoms with Gasteiger partial charge in [-0.3, -0.25) is 0 Å². The van der Waals surface area contributed by atoms with Crippen LogP contribution in [0.2, 0.25) is 0 Å². The number of hydrogen-bond donors (Lipinski definition) is 0. The SMILES string of the molecule is CCOC(=O)c1ccc(-n2c(C)cc(C=Nc3sc4c(c3C#N)CC[C@@H](C(C)(C)C)C4)c2C)cc1. The van der Waals surface area contributed by atoms with Crippen LogP contribution in [-0.4, -0.2) is 23.4 Å². The molecule has 0 aliphatic heterocycles. The average molecular weight is 488 g/mol.